The fourth-order valence-corrected chi connectivity index (χ4v) is 2.49. The van der Waals surface area contributed by atoms with E-state index in [2.05, 4.69) is 36.1 Å². The Morgan fingerprint density at radius 3 is 3.13 bits per heavy atom. The summed E-state index contributed by atoms with van der Waals surface area (Å²) in [5.74, 6) is 0.850. The number of anilines is 1. The summed E-state index contributed by atoms with van der Waals surface area (Å²) in [4.78, 5) is 11.2. The van der Waals surface area contributed by atoms with Crippen LogP contribution in [-0.2, 0) is 0 Å². The molecule has 1 fully saturated rings. The van der Waals surface area contributed by atoms with Crippen LogP contribution in [0.3, 0.4) is 0 Å². The summed E-state index contributed by atoms with van der Waals surface area (Å²) in [6.45, 7) is 3.16. The van der Waals surface area contributed by atoms with E-state index in [1.807, 2.05) is 0 Å². The minimum absolute atomic E-state index is 0.557. The van der Waals surface area contributed by atoms with Crippen molar-refractivity contribution in [2.24, 2.45) is 0 Å². The number of likely N-dealkylation sites (tertiary alicyclic amines) is 1. The van der Waals surface area contributed by atoms with Gasteiger partial charge in [-0.25, -0.2) is 4.98 Å². The third-order valence-electron chi connectivity index (χ3n) is 2.55. The molecular formula is C10H15BrN4. The molecule has 2 heterocycles. The summed E-state index contributed by atoms with van der Waals surface area (Å²) >= 11 is 3.66. The molecule has 2 rings (SSSR count). The van der Waals surface area contributed by atoms with Gasteiger partial charge in [-0.3, -0.25) is 9.88 Å². The number of nitrogens with one attached hydrogen (secondary N) is 1. The number of hydrogen-bond acceptors (Lipinski definition) is 4. The van der Waals surface area contributed by atoms with Crippen molar-refractivity contribution in [1.29, 1.82) is 0 Å². The number of aromatic nitrogens is 2. The van der Waals surface area contributed by atoms with Gasteiger partial charge in [0.1, 0.15) is 5.82 Å². The second-order valence-electron chi connectivity index (χ2n) is 3.63. The highest BCUT2D eigenvalue weighted by molar-refractivity contribution is 9.09. The first-order chi connectivity index (χ1) is 7.36. The molecule has 4 nitrogen and oxygen atoms in total. The zero-order valence-electron chi connectivity index (χ0n) is 8.56. The molecule has 0 aliphatic carbocycles. The maximum atomic E-state index is 4.16. The second kappa shape index (κ2) is 5.42. The first-order valence-corrected chi connectivity index (χ1v) is 6.16. The van der Waals surface area contributed by atoms with Crippen LogP contribution in [-0.4, -0.2) is 39.5 Å². The Bertz CT molecular complexity index is 293. The lowest BCUT2D eigenvalue weighted by Crippen LogP contribution is -2.30. The number of halogens is 1. The zero-order chi connectivity index (χ0) is 10.5. The van der Waals surface area contributed by atoms with Gasteiger partial charge in [-0.15, -0.1) is 0 Å². The number of nitrogens with zero attached hydrogens (tertiary/aromatic N) is 3. The number of hydrogen-bond donors (Lipinski definition) is 1. The van der Waals surface area contributed by atoms with Crippen molar-refractivity contribution < 1.29 is 0 Å². The van der Waals surface area contributed by atoms with Gasteiger partial charge in [0.15, 0.2) is 0 Å². The van der Waals surface area contributed by atoms with Crippen LogP contribution in [0.2, 0.25) is 0 Å². The van der Waals surface area contributed by atoms with E-state index in [4.69, 9.17) is 0 Å². The summed E-state index contributed by atoms with van der Waals surface area (Å²) in [5.41, 5.74) is 0. The highest BCUT2D eigenvalue weighted by Crippen LogP contribution is 2.21. The van der Waals surface area contributed by atoms with Crippen molar-refractivity contribution in [3.05, 3.63) is 18.6 Å². The van der Waals surface area contributed by atoms with Gasteiger partial charge < -0.3 is 5.32 Å². The highest BCUT2D eigenvalue weighted by atomic mass is 79.9. The third-order valence-corrected chi connectivity index (χ3v) is 3.59. The quantitative estimate of drug-likeness (QED) is 0.668. The molecule has 15 heavy (non-hydrogen) atoms. The van der Waals surface area contributed by atoms with Crippen molar-refractivity contribution >= 4 is 21.7 Å². The van der Waals surface area contributed by atoms with Crippen molar-refractivity contribution in [1.82, 2.24) is 14.9 Å². The lowest BCUT2D eigenvalue weighted by Gasteiger charge is -2.19. The molecule has 0 amide bonds. The maximum Gasteiger partial charge on any atom is 0.144 e. The van der Waals surface area contributed by atoms with Crippen LogP contribution in [0.15, 0.2) is 18.6 Å². The smallest absolute Gasteiger partial charge is 0.144 e. The molecule has 0 radical (unpaired) electrons. The number of alkyl halides is 1. The number of rotatable bonds is 4. The van der Waals surface area contributed by atoms with Gasteiger partial charge >= 0.3 is 0 Å². The molecule has 5 heteroatoms. The van der Waals surface area contributed by atoms with Gasteiger partial charge in [0.05, 0.1) is 11.1 Å². The molecule has 0 saturated carbocycles. The summed E-state index contributed by atoms with van der Waals surface area (Å²) < 4.78 is 0. The Labute approximate surface area is 98.2 Å². The SMILES string of the molecule is BrC1CCCN1CCNc1cnccn1. The van der Waals surface area contributed by atoms with Gasteiger partial charge in [-0.2, -0.15) is 0 Å². The first-order valence-electron chi connectivity index (χ1n) is 5.24. The summed E-state index contributed by atoms with van der Waals surface area (Å²) in [5, 5.41) is 3.26. The Balaban J connectivity index is 1.71. The summed E-state index contributed by atoms with van der Waals surface area (Å²) in [6.07, 6.45) is 7.67. The zero-order valence-corrected chi connectivity index (χ0v) is 10.2. The van der Waals surface area contributed by atoms with Crippen LogP contribution in [0.4, 0.5) is 5.82 Å². The Hall–Kier alpha value is -0.680. The summed E-state index contributed by atoms with van der Waals surface area (Å²) in [7, 11) is 0. The minimum atomic E-state index is 0.557. The van der Waals surface area contributed by atoms with Crippen LogP contribution < -0.4 is 5.32 Å². The average Bonchev–Trinajstić information content (AvgIpc) is 2.66. The predicted octanol–water partition coefficient (Wildman–Crippen LogP) is 1.71. The Kier molecular flexibility index (Phi) is 3.91. The van der Waals surface area contributed by atoms with Crippen molar-refractivity contribution in [2.45, 2.75) is 17.8 Å². The van der Waals surface area contributed by atoms with Crippen LogP contribution in [0.1, 0.15) is 12.8 Å². The van der Waals surface area contributed by atoms with E-state index < -0.39 is 0 Å². The third kappa shape index (κ3) is 3.14. The molecule has 1 aromatic rings. The van der Waals surface area contributed by atoms with Crippen molar-refractivity contribution in [3.8, 4) is 0 Å². The topological polar surface area (TPSA) is 41.0 Å². The van der Waals surface area contributed by atoms with Gasteiger partial charge in [0, 0.05) is 25.5 Å². The molecule has 0 aromatic carbocycles. The Morgan fingerprint density at radius 2 is 2.47 bits per heavy atom. The van der Waals surface area contributed by atoms with Crippen molar-refractivity contribution in [2.75, 3.05) is 25.0 Å². The van der Waals surface area contributed by atoms with Crippen LogP contribution >= 0.6 is 15.9 Å². The van der Waals surface area contributed by atoms with Crippen LogP contribution in [0.5, 0.6) is 0 Å². The lowest BCUT2D eigenvalue weighted by molar-refractivity contribution is 0.334. The lowest BCUT2D eigenvalue weighted by atomic mass is 10.4. The largest absolute Gasteiger partial charge is 0.368 e. The average molecular weight is 271 g/mol. The van der Waals surface area contributed by atoms with Gasteiger partial charge in [-0.1, -0.05) is 15.9 Å². The van der Waals surface area contributed by atoms with Crippen LogP contribution in [0.25, 0.3) is 0 Å². The fourth-order valence-electron chi connectivity index (χ4n) is 1.76. The molecular weight excluding hydrogens is 256 g/mol. The molecule has 1 N–H and O–H groups in total. The normalized spacial score (nSPS) is 21.8. The molecule has 1 aromatic heterocycles. The van der Waals surface area contributed by atoms with Gasteiger partial charge in [0.25, 0.3) is 0 Å². The van der Waals surface area contributed by atoms with E-state index in [1.54, 1.807) is 18.6 Å². The Morgan fingerprint density at radius 1 is 1.53 bits per heavy atom. The standard InChI is InChI=1S/C10H15BrN4/c11-9-2-1-6-15(9)7-5-14-10-8-12-3-4-13-10/h3-4,8-9H,1-2,5-7H2,(H,13,14). The van der Waals surface area contributed by atoms with E-state index in [0.29, 0.717) is 4.95 Å². The molecule has 0 spiro atoms. The van der Waals surface area contributed by atoms with Crippen molar-refractivity contribution in [3.63, 3.8) is 0 Å². The molecule has 1 saturated heterocycles. The summed E-state index contributed by atoms with van der Waals surface area (Å²) in [6, 6.07) is 0. The predicted molar refractivity (Wildman–Crippen MR) is 64.0 cm³/mol. The maximum absolute atomic E-state index is 4.16. The minimum Gasteiger partial charge on any atom is -0.368 e. The molecule has 0 bridgehead atoms. The monoisotopic (exact) mass is 270 g/mol. The molecule has 1 atom stereocenters. The van der Waals surface area contributed by atoms with E-state index in [-0.39, 0.29) is 0 Å². The highest BCUT2D eigenvalue weighted by Gasteiger charge is 2.20. The molecule has 1 aliphatic heterocycles. The van der Waals surface area contributed by atoms with E-state index in [9.17, 15) is 0 Å². The second-order valence-corrected chi connectivity index (χ2v) is 4.69. The fraction of sp³-hybridized carbons (Fsp3) is 0.600. The van der Waals surface area contributed by atoms with E-state index in [1.165, 1.54) is 19.4 Å². The van der Waals surface area contributed by atoms with Gasteiger partial charge in [0.2, 0.25) is 0 Å². The van der Waals surface area contributed by atoms with Gasteiger partial charge in [-0.05, 0) is 19.4 Å². The van der Waals surface area contributed by atoms with E-state index >= 15 is 0 Å². The first kappa shape index (κ1) is 10.8. The molecule has 1 unspecified atom stereocenters. The van der Waals surface area contributed by atoms with E-state index in [0.717, 1.165) is 18.9 Å². The molecule has 82 valence electrons. The molecule has 1 aliphatic rings. The van der Waals surface area contributed by atoms with Crippen LogP contribution in [0, 0.1) is 0 Å².